The zero-order valence-electron chi connectivity index (χ0n) is 15.2. The van der Waals surface area contributed by atoms with E-state index in [4.69, 9.17) is 4.74 Å². The number of fused-ring (bicyclic) bond motifs is 1. The van der Waals surface area contributed by atoms with E-state index in [0.29, 0.717) is 23.5 Å². The second-order valence-corrected chi connectivity index (χ2v) is 8.34. The van der Waals surface area contributed by atoms with Gasteiger partial charge in [0.1, 0.15) is 0 Å². The Morgan fingerprint density at radius 1 is 1.30 bits per heavy atom. The average molecular weight is 408 g/mol. The Bertz CT molecular complexity index is 779. The predicted octanol–water partition coefficient (Wildman–Crippen LogP) is 2.23. The number of hydrogen-bond acceptors (Lipinski definition) is 4. The van der Waals surface area contributed by atoms with E-state index in [1.54, 1.807) is 6.07 Å². The summed E-state index contributed by atoms with van der Waals surface area (Å²) in [7, 11) is -3.79. The number of nitrogens with zero attached hydrogens (tertiary/aromatic N) is 1. The van der Waals surface area contributed by atoms with Gasteiger partial charge in [0.15, 0.2) is 0 Å². The van der Waals surface area contributed by atoms with Crippen LogP contribution in [0.15, 0.2) is 23.1 Å². The third-order valence-electron chi connectivity index (χ3n) is 4.09. The van der Waals surface area contributed by atoms with Gasteiger partial charge in [0.05, 0.1) is 11.0 Å². The topological polar surface area (TPSA) is 75.7 Å². The third-order valence-corrected chi connectivity index (χ3v) is 5.55. The number of amides is 1. The van der Waals surface area contributed by atoms with Crippen molar-refractivity contribution >= 4 is 15.9 Å². The van der Waals surface area contributed by atoms with Crippen LogP contribution in [0.2, 0.25) is 0 Å². The lowest BCUT2D eigenvalue weighted by atomic mass is 10.00. The van der Waals surface area contributed by atoms with Crippen molar-refractivity contribution in [2.24, 2.45) is 0 Å². The van der Waals surface area contributed by atoms with Gasteiger partial charge in [0.25, 0.3) is 0 Å². The molecule has 1 amide bonds. The maximum Gasteiger partial charge on any atom is 0.471 e. The molecular formula is C17H23F3N2O4S. The van der Waals surface area contributed by atoms with E-state index < -0.39 is 22.1 Å². The first-order valence-electron chi connectivity index (χ1n) is 8.60. The fraction of sp³-hybridized carbons (Fsp3) is 0.588. The van der Waals surface area contributed by atoms with Crippen LogP contribution < -0.4 is 4.72 Å². The number of rotatable bonds is 7. The van der Waals surface area contributed by atoms with Crippen LogP contribution in [0.3, 0.4) is 0 Å². The number of nitrogens with one attached hydrogen (secondary N) is 1. The summed E-state index contributed by atoms with van der Waals surface area (Å²) in [5.74, 6) is -1.91. The highest BCUT2D eigenvalue weighted by molar-refractivity contribution is 7.89. The molecule has 0 unspecified atom stereocenters. The summed E-state index contributed by atoms with van der Waals surface area (Å²) in [6, 6.07) is 4.34. The van der Waals surface area contributed by atoms with E-state index >= 15 is 0 Å². The van der Waals surface area contributed by atoms with Gasteiger partial charge in [0.2, 0.25) is 10.0 Å². The number of ether oxygens (including phenoxy) is 1. The van der Waals surface area contributed by atoms with Gasteiger partial charge in [-0.15, -0.1) is 0 Å². The Morgan fingerprint density at radius 2 is 2.00 bits per heavy atom. The molecule has 1 aromatic carbocycles. The van der Waals surface area contributed by atoms with Crippen molar-refractivity contribution in [2.75, 3.05) is 19.7 Å². The highest BCUT2D eigenvalue weighted by Gasteiger charge is 2.43. The molecule has 1 N–H and O–H groups in total. The van der Waals surface area contributed by atoms with Crippen LogP contribution in [0, 0.1) is 0 Å². The fourth-order valence-electron chi connectivity index (χ4n) is 2.73. The van der Waals surface area contributed by atoms with Gasteiger partial charge < -0.3 is 9.64 Å². The first-order chi connectivity index (χ1) is 12.5. The molecule has 1 aromatic rings. The maximum absolute atomic E-state index is 12.6. The van der Waals surface area contributed by atoms with Crippen molar-refractivity contribution in [2.45, 2.75) is 50.4 Å². The zero-order chi connectivity index (χ0) is 20.2. The van der Waals surface area contributed by atoms with Crippen LogP contribution in [0.25, 0.3) is 0 Å². The lowest BCUT2D eigenvalue weighted by Gasteiger charge is -2.29. The molecule has 152 valence electrons. The molecule has 1 aliphatic heterocycles. The minimum Gasteiger partial charge on any atom is -0.379 e. The Labute approximate surface area is 156 Å². The molecule has 2 rings (SSSR count). The molecule has 0 saturated heterocycles. The summed E-state index contributed by atoms with van der Waals surface area (Å²) in [4.78, 5) is 12.1. The van der Waals surface area contributed by atoms with Crippen molar-refractivity contribution in [1.82, 2.24) is 9.62 Å². The van der Waals surface area contributed by atoms with E-state index in [0.717, 1.165) is 5.56 Å². The second kappa shape index (κ2) is 8.57. The van der Waals surface area contributed by atoms with E-state index in [9.17, 15) is 26.4 Å². The van der Waals surface area contributed by atoms with Crippen molar-refractivity contribution in [1.29, 1.82) is 0 Å². The zero-order valence-corrected chi connectivity index (χ0v) is 16.0. The molecule has 0 aromatic heterocycles. The van der Waals surface area contributed by atoms with Gasteiger partial charge in [-0.05, 0) is 49.9 Å². The number of sulfonamides is 1. The second-order valence-electron chi connectivity index (χ2n) is 6.58. The van der Waals surface area contributed by atoms with Crippen LogP contribution in [-0.2, 0) is 32.5 Å². The minimum atomic E-state index is -4.94. The standard InChI is InChI=1S/C17H23F3N2O4S/c1-12(2)26-9-3-7-21-27(24,25)15-5-4-13-6-8-22(11-14(13)10-15)16(23)17(18,19)20/h4-5,10,12,21H,3,6-9,11H2,1-2H3. The first kappa shape index (κ1) is 21.6. The highest BCUT2D eigenvalue weighted by Crippen LogP contribution is 2.26. The monoisotopic (exact) mass is 408 g/mol. The van der Waals surface area contributed by atoms with Crippen molar-refractivity contribution < 1.29 is 31.1 Å². The van der Waals surface area contributed by atoms with Gasteiger partial charge in [-0.25, -0.2) is 13.1 Å². The van der Waals surface area contributed by atoms with Crippen LogP contribution in [-0.4, -0.2) is 51.2 Å². The van der Waals surface area contributed by atoms with E-state index in [-0.39, 0.29) is 37.1 Å². The highest BCUT2D eigenvalue weighted by atomic mass is 32.2. The Balaban J connectivity index is 2.05. The van der Waals surface area contributed by atoms with Gasteiger partial charge in [-0.2, -0.15) is 13.2 Å². The Hall–Kier alpha value is -1.65. The summed E-state index contributed by atoms with van der Waals surface area (Å²) < 4.78 is 70.4. The van der Waals surface area contributed by atoms with Crippen molar-refractivity contribution in [3.05, 3.63) is 29.3 Å². The lowest BCUT2D eigenvalue weighted by Crippen LogP contribution is -2.43. The largest absolute Gasteiger partial charge is 0.471 e. The van der Waals surface area contributed by atoms with E-state index in [2.05, 4.69) is 4.72 Å². The third kappa shape index (κ3) is 5.91. The quantitative estimate of drug-likeness (QED) is 0.702. The summed E-state index contributed by atoms with van der Waals surface area (Å²) in [5.41, 5.74) is 1.15. The van der Waals surface area contributed by atoms with Gasteiger partial charge in [0, 0.05) is 26.2 Å². The molecule has 0 spiro atoms. The van der Waals surface area contributed by atoms with Crippen molar-refractivity contribution in [3.8, 4) is 0 Å². The number of benzene rings is 1. The molecule has 0 saturated carbocycles. The van der Waals surface area contributed by atoms with Gasteiger partial charge in [-0.3, -0.25) is 4.79 Å². The molecule has 1 aliphatic rings. The molecule has 0 bridgehead atoms. The lowest BCUT2D eigenvalue weighted by molar-refractivity contribution is -0.186. The van der Waals surface area contributed by atoms with Crippen LogP contribution in [0.4, 0.5) is 13.2 Å². The molecular weight excluding hydrogens is 385 g/mol. The molecule has 6 nitrogen and oxygen atoms in total. The van der Waals surface area contributed by atoms with E-state index in [1.807, 2.05) is 13.8 Å². The van der Waals surface area contributed by atoms with Crippen LogP contribution in [0.5, 0.6) is 0 Å². The summed E-state index contributed by atoms with van der Waals surface area (Å²) in [5, 5.41) is 0. The fourth-order valence-corrected chi connectivity index (χ4v) is 3.86. The van der Waals surface area contributed by atoms with Crippen LogP contribution in [0.1, 0.15) is 31.4 Å². The molecule has 0 radical (unpaired) electrons. The predicted molar refractivity (Wildman–Crippen MR) is 92.5 cm³/mol. The normalized spacial score (nSPS) is 15.1. The molecule has 27 heavy (non-hydrogen) atoms. The maximum atomic E-state index is 12.6. The average Bonchev–Trinajstić information content (AvgIpc) is 2.58. The first-order valence-corrected chi connectivity index (χ1v) is 10.1. The number of carbonyl (C=O) groups excluding carboxylic acids is 1. The summed E-state index contributed by atoms with van der Waals surface area (Å²) in [6.07, 6.45) is -4.14. The number of alkyl halides is 3. The molecule has 1 heterocycles. The van der Waals surface area contributed by atoms with Gasteiger partial charge >= 0.3 is 12.1 Å². The Kier molecular flexibility index (Phi) is 6.87. The van der Waals surface area contributed by atoms with E-state index in [1.165, 1.54) is 12.1 Å². The SMILES string of the molecule is CC(C)OCCCNS(=O)(=O)c1ccc2c(c1)CN(C(=O)C(F)(F)F)CC2. The Morgan fingerprint density at radius 3 is 2.63 bits per heavy atom. The number of carbonyl (C=O) groups is 1. The summed E-state index contributed by atoms with van der Waals surface area (Å²) >= 11 is 0. The number of halogens is 3. The van der Waals surface area contributed by atoms with Gasteiger partial charge in [-0.1, -0.05) is 6.07 Å². The van der Waals surface area contributed by atoms with Crippen molar-refractivity contribution in [3.63, 3.8) is 0 Å². The molecule has 0 aliphatic carbocycles. The number of hydrogen-bond donors (Lipinski definition) is 1. The van der Waals surface area contributed by atoms with Crippen LogP contribution >= 0.6 is 0 Å². The smallest absolute Gasteiger partial charge is 0.379 e. The molecule has 0 fully saturated rings. The minimum absolute atomic E-state index is 0.0349. The molecule has 10 heteroatoms. The summed E-state index contributed by atoms with van der Waals surface area (Å²) in [6.45, 7) is 4.04. The molecule has 0 atom stereocenters.